The van der Waals surface area contributed by atoms with Gasteiger partial charge in [0.05, 0.1) is 0 Å². The summed E-state index contributed by atoms with van der Waals surface area (Å²) in [5.41, 5.74) is 5.46. The quantitative estimate of drug-likeness (QED) is 0.705. The van der Waals surface area contributed by atoms with Gasteiger partial charge in [0.2, 0.25) is 0 Å². The van der Waals surface area contributed by atoms with Crippen LogP contribution in [0.2, 0.25) is 0 Å². The van der Waals surface area contributed by atoms with Crippen molar-refractivity contribution in [1.82, 2.24) is 5.32 Å². The zero-order chi connectivity index (χ0) is 12.2. The Morgan fingerprint density at radius 1 is 1.38 bits per heavy atom. The molecule has 0 saturated carbocycles. The largest absolute Gasteiger partial charge is 0.444 e. The van der Waals surface area contributed by atoms with E-state index in [1.165, 1.54) is 0 Å². The second-order valence-electron chi connectivity index (χ2n) is 5.11. The molecule has 0 aliphatic carbocycles. The first-order valence-electron chi connectivity index (χ1n) is 5.71. The highest BCUT2D eigenvalue weighted by atomic mass is 16.6. The minimum atomic E-state index is -0.477. The standard InChI is InChI=1S/C11H22N2O3/c1-11(2,3)16-10(14)13-9-5-7-15-6-4-8(9)12/h8-9H,4-7,12H2,1-3H3,(H,13,14)/t8-,9+/m0/s1. The van der Waals surface area contributed by atoms with E-state index in [0.717, 1.165) is 12.8 Å². The Morgan fingerprint density at radius 2 is 2.00 bits per heavy atom. The molecule has 1 aliphatic rings. The van der Waals surface area contributed by atoms with Crippen LogP contribution in [0.3, 0.4) is 0 Å². The molecule has 1 aliphatic heterocycles. The molecular formula is C11H22N2O3. The Bertz CT molecular complexity index is 238. The molecule has 0 radical (unpaired) electrons. The number of nitrogens with two attached hydrogens (primary N) is 1. The van der Waals surface area contributed by atoms with Gasteiger partial charge in [-0.2, -0.15) is 0 Å². The third kappa shape index (κ3) is 4.81. The Morgan fingerprint density at radius 3 is 2.62 bits per heavy atom. The first-order chi connectivity index (χ1) is 7.38. The maximum absolute atomic E-state index is 11.6. The summed E-state index contributed by atoms with van der Waals surface area (Å²) in [6.45, 7) is 6.80. The third-order valence-electron chi connectivity index (χ3n) is 2.39. The SMILES string of the molecule is CC(C)(C)OC(=O)N[C@@H]1CCOCC[C@@H]1N. The van der Waals surface area contributed by atoms with Gasteiger partial charge in [0, 0.05) is 25.3 Å². The molecule has 1 fully saturated rings. The lowest BCUT2D eigenvalue weighted by atomic mass is 10.0. The number of carbonyl (C=O) groups excluding carboxylic acids is 1. The van der Waals surface area contributed by atoms with Gasteiger partial charge in [-0.1, -0.05) is 0 Å². The summed E-state index contributed by atoms with van der Waals surface area (Å²) >= 11 is 0. The monoisotopic (exact) mass is 230 g/mol. The fraction of sp³-hybridized carbons (Fsp3) is 0.909. The molecule has 0 aromatic heterocycles. The number of amides is 1. The molecule has 0 aromatic rings. The Balaban J connectivity index is 2.42. The number of ether oxygens (including phenoxy) is 2. The fourth-order valence-corrected chi connectivity index (χ4v) is 1.59. The molecule has 1 rings (SSSR count). The summed E-state index contributed by atoms with van der Waals surface area (Å²) in [5, 5.41) is 2.80. The highest BCUT2D eigenvalue weighted by Gasteiger charge is 2.24. The zero-order valence-electron chi connectivity index (χ0n) is 10.3. The number of hydrogen-bond acceptors (Lipinski definition) is 4. The van der Waals surface area contributed by atoms with E-state index in [4.69, 9.17) is 15.2 Å². The van der Waals surface area contributed by atoms with E-state index in [2.05, 4.69) is 5.32 Å². The molecule has 2 atom stereocenters. The molecule has 0 bridgehead atoms. The van der Waals surface area contributed by atoms with Gasteiger partial charge in [-0.3, -0.25) is 0 Å². The number of nitrogens with one attached hydrogen (secondary N) is 1. The lowest BCUT2D eigenvalue weighted by Gasteiger charge is -2.25. The first-order valence-corrected chi connectivity index (χ1v) is 5.71. The molecule has 3 N–H and O–H groups in total. The first kappa shape index (κ1) is 13.3. The van der Waals surface area contributed by atoms with E-state index < -0.39 is 11.7 Å². The molecule has 1 amide bonds. The number of alkyl carbamates (subject to hydrolysis) is 1. The number of rotatable bonds is 1. The minimum Gasteiger partial charge on any atom is -0.444 e. The zero-order valence-corrected chi connectivity index (χ0v) is 10.3. The Hall–Kier alpha value is -0.810. The molecule has 5 nitrogen and oxygen atoms in total. The van der Waals surface area contributed by atoms with Gasteiger partial charge in [0.25, 0.3) is 0 Å². The van der Waals surface area contributed by atoms with Crippen LogP contribution in [-0.4, -0.2) is 37.0 Å². The normalized spacial score (nSPS) is 27.0. The molecule has 5 heteroatoms. The van der Waals surface area contributed by atoms with Crippen molar-refractivity contribution in [3.63, 3.8) is 0 Å². The smallest absolute Gasteiger partial charge is 0.407 e. The molecule has 1 heterocycles. The van der Waals surface area contributed by atoms with Crippen LogP contribution < -0.4 is 11.1 Å². The summed E-state index contributed by atoms with van der Waals surface area (Å²) < 4.78 is 10.5. The summed E-state index contributed by atoms with van der Waals surface area (Å²) in [6, 6.07) is -0.118. The van der Waals surface area contributed by atoms with Crippen molar-refractivity contribution in [2.45, 2.75) is 51.3 Å². The summed E-state index contributed by atoms with van der Waals surface area (Å²) in [7, 11) is 0. The van der Waals surface area contributed by atoms with Crippen molar-refractivity contribution in [2.24, 2.45) is 5.73 Å². The molecule has 16 heavy (non-hydrogen) atoms. The predicted octanol–water partition coefficient (Wildman–Crippen LogP) is 1.02. The predicted molar refractivity (Wildman–Crippen MR) is 61.2 cm³/mol. The minimum absolute atomic E-state index is 0.0580. The van der Waals surface area contributed by atoms with Crippen LogP contribution in [0.25, 0.3) is 0 Å². The van der Waals surface area contributed by atoms with Gasteiger partial charge in [-0.25, -0.2) is 4.79 Å². The summed E-state index contributed by atoms with van der Waals surface area (Å²) in [5.74, 6) is 0. The van der Waals surface area contributed by atoms with E-state index in [-0.39, 0.29) is 12.1 Å². The fourth-order valence-electron chi connectivity index (χ4n) is 1.59. The van der Waals surface area contributed by atoms with Crippen molar-refractivity contribution in [2.75, 3.05) is 13.2 Å². The van der Waals surface area contributed by atoms with Crippen molar-refractivity contribution in [1.29, 1.82) is 0 Å². The molecule has 1 saturated heterocycles. The summed E-state index contributed by atoms with van der Waals surface area (Å²) in [4.78, 5) is 11.6. The van der Waals surface area contributed by atoms with Gasteiger partial charge in [0.1, 0.15) is 5.60 Å². The van der Waals surface area contributed by atoms with Gasteiger partial charge in [-0.15, -0.1) is 0 Å². The topological polar surface area (TPSA) is 73.6 Å². The van der Waals surface area contributed by atoms with E-state index in [1.807, 2.05) is 20.8 Å². The van der Waals surface area contributed by atoms with E-state index in [0.29, 0.717) is 13.2 Å². The number of carbonyl (C=O) groups is 1. The van der Waals surface area contributed by atoms with Gasteiger partial charge in [0.15, 0.2) is 0 Å². The van der Waals surface area contributed by atoms with E-state index in [9.17, 15) is 4.79 Å². The van der Waals surface area contributed by atoms with E-state index >= 15 is 0 Å². The molecule has 94 valence electrons. The van der Waals surface area contributed by atoms with Crippen molar-refractivity contribution >= 4 is 6.09 Å². The number of hydrogen-bond donors (Lipinski definition) is 2. The Labute approximate surface area is 96.7 Å². The van der Waals surface area contributed by atoms with Crippen LogP contribution in [0.4, 0.5) is 4.79 Å². The molecule has 0 unspecified atom stereocenters. The Kier molecular flexibility index (Phi) is 4.56. The van der Waals surface area contributed by atoms with Crippen LogP contribution in [0.1, 0.15) is 33.6 Å². The van der Waals surface area contributed by atoms with Crippen LogP contribution in [0, 0.1) is 0 Å². The highest BCUT2D eigenvalue weighted by Crippen LogP contribution is 2.10. The van der Waals surface area contributed by atoms with E-state index in [1.54, 1.807) is 0 Å². The highest BCUT2D eigenvalue weighted by molar-refractivity contribution is 5.68. The maximum Gasteiger partial charge on any atom is 0.407 e. The van der Waals surface area contributed by atoms with Crippen LogP contribution in [0.5, 0.6) is 0 Å². The van der Waals surface area contributed by atoms with Crippen LogP contribution in [-0.2, 0) is 9.47 Å². The third-order valence-corrected chi connectivity index (χ3v) is 2.39. The molecule has 0 spiro atoms. The second-order valence-corrected chi connectivity index (χ2v) is 5.11. The van der Waals surface area contributed by atoms with Crippen molar-refractivity contribution < 1.29 is 14.3 Å². The van der Waals surface area contributed by atoms with Crippen LogP contribution in [0.15, 0.2) is 0 Å². The van der Waals surface area contributed by atoms with Crippen molar-refractivity contribution in [3.8, 4) is 0 Å². The van der Waals surface area contributed by atoms with Gasteiger partial charge < -0.3 is 20.5 Å². The van der Waals surface area contributed by atoms with Gasteiger partial charge in [-0.05, 0) is 33.6 Å². The lowest BCUT2D eigenvalue weighted by Crippen LogP contribution is -2.48. The second kappa shape index (κ2) is 5.50. The lowest BCUT2D eigenvalue weighted by molar-refractivity contribution is 0.0492. The van der Waals surface area contributed by atoms with Gasteiger partial charge >= 0.3 is 6.09 Å². The molecular weight excluding hydrogens is 208 g/mol. The van der Waals surface area contributed by atoms with Crippen LogP contribution >= 0.6 is 0 Å². The molecule has 0 aromatic carbocycles. The maximum atomic E-state index is 11.6. The average molecular weight is 230 g/mol. The summed E-state index contributed by atoms with van der Waals surface area (Å²) in [6.07, 6.45) is 1.09. The average Bonchev–Trinajstić information content (AvgIpc) is 2.29. The van der Waals surface area contributed by atoms with Crippen molar-refractivity contribution in [3.05, 3.63) is 0 Å².